The standard InChI is InChI=1S/C15H17Br2NS/c1-3-7-18-14(15-13(17)6-8-19-15)12-9-11(16)5-4-10(12)2/h4-6,8-9,14,18H,3,7H2,1-2H3. The van der Waals surface area contributed by atoms with E-state index in [4.69, 9.17) is 0 Å². The van der Waals surface area contributed by atoms with Crippen LogP contribution in [0.25, 0.3) is 0 Å². The van der Waals surface area contributed by atoms with Gasteiger partial charge in [-0.25, -0.2) is 0 Å². The fraction of sp³-hybridized carbons (Fsp3) is 0.333. The number of nitrogens with one attached hydrogen (secondary N) is 1. The van der Waals surface area contributed by atoms with Crippen LogP contribution >= 0.6 is 43.2 Å². The zero-order valence-corrected chi connectivity index (χ0v) is 15.0. The molecule has 0 radical (unpaired) electrons. The third kappa shape index (κ3) is 3.69. The van der Waals surface area contributed by atoms with Crippen molar-refractivity contribution in [1.29, 1.82) is 0 Å². The molecule has 0 spiro atoms. The van der Waals surface area contributed by atoms with Crippen LogP contribution in [0.15, 0.2) is 38.6 Å². The fourth-order valence-electron chi connectivity index (χ4n) is 2.07. The van der Waals surface area contributed by atoms with Crippen molar-refractivity contribution in [2.45, 2.75) is 26.3 Å². The molecular formula is C15H17Br2NS. The molecule has 1 aromatic heterocycles. The number of halogens is 2. The summed E-state index contributed by atoms with van der Waals surface area (Å²) in [7, 11) is 0. The van der Waals surface area contributed by atoms with Gasteiger partial charge in [-0.1, -0.05) is 28.9 Å². The second-order valence-corrected chi connectivity index (χ2v) is 7.24. The highest BCUT2D eigenvalue weighted by Crippen LogP contribution is 2.35. The van der Waals surface area contributed by atoms with Crippen LogP contribution in [0.3, 0.4) is 0 Å². The lowest BCUT2D eigenvalue weighted by Gasteiger charge is -2.21. The van der Waals surface area contributed by atoms with Crippen LogP contribution in [0, 0.1) is 6.92 Å². The Kier molecular flexibility index (Phi) is 5.63. The van der Waals surface area contributed by atoms with Crippen molar-refractivity contribution >= 4 is 43.2 Å². The maximum absolute atomic E-state index is 3.66. The Hall–Kier alpha value is -0.160. The van der Waals surface area contributed by atoms with E-state index in [1.807, 2.05) is 0 Å². The summed E-state index contributed by atoms with van der Waals surface area (Å²) in [5.41, 5.74) is 2.66. The Morgan fingerprint density at radius 2 is 2.05 bits per heavy atom. The maximum atomic E-state index is 3.66. The lowest BCUT2D eigenvalue weighted by molar-refractivity contribution is 0.602. The summed E-state index contributed by atoms with van der Waals surface area (Å²) in [4.78, 5) is 1.34. The molecule has 0 saturated heterocycles. The van der Waals surface area contributed by atoms with Crippen LogP contribution in [0.5, 0.6) is 0 Å². The molecule has 0 bridgehead atoms. The number of rotatable bonds is 5. The number of hydrogen-bond acceptors (Lipinski definition) is 2. The number of benzene rings is 1. The minimum absolute atomic E-state index is 0.256. The fourth-order valence-corrected chi connectivity index (χ4v) is 4.14. The van der Waals surface area contributed by atoms with E-state index < -0.39 is 0 Å². The topological polar surface area (TPSA) is 12.0 Å². The summed E-state index contributed by atoms with van der Waals surface area (Å²) in [6.45, 7) is 5.38. The van der Waals surface area contributed by atoms with Crippen LogP contribution in [-0.4, -0.2) is 6.54 Å². The molecule has 19 heavy (non-hydrogen) atoms. The average molecular weight is 403 g/mol. The summed E-state index contributed by atoms with van der Waals surface area (Å²) >= 11 is 9.03. The van der Waals surface area contributed by atoms with Gasteiger partial charge < -0.3 is 5.32 Å². The normalized spacial score (nSPS) is 12.6. The first-order valence-corrected chi connectivity index (χ1v) is 8.82. The van der Waals surface area contributed by atoms with Gasteiger partial charge in [0.05, 0.1) is 6.04 Å². The zero-order valence-electron chi connectivity index (χ0n) is 11.0. The van der Waals surface area contributed by atoms with Crippen LogP contribution in [0.1, 0.15) is 35.4 Å². The van der Waals surface area contributed by atoms with Crippen molar-refractivity contribution in [2.75, 3.05) is 6.54 Å². The first kappa shape index (κ1) is 15.2. The molecular weight excluding hydrogens is 386 g/mol. The van der Waals surface area contributed by atoms with E-state index >= 15 is 0 Å². The van der Waals surface area contributed by atoms with E-state index in [-0.39, 0.29) is 6.04 Å². The highest BCUT2D eigenvalue weighted by atomic mass is 79.9. The first-order valence-electron chi connectivity index (χ1n) is 6.35. The molecule has 0 amide bonds. The van der Waals surface area contributed by atoms with Crippen molar-refractivity contribution in [3.05, 3.63) is 54.6 Å². The van der Waals surface area contributed by atoms with Gasteiger partial charge in [0.15, 0.2) is 0 Å². The Balaban J connectivity index is 2.42. The molecule has 0 aliphatic carbocycles. The van der Waals surface area contributed by atoms with Crippen molar-refractivity contribution < 1.29 is 0 Å². The van der Waals surface area contributed by atoms with Gasteiger partial charge in [0.2, 0.25) is 0 Å². The zero-order chi connectivity index (χ0) is 13.8. The van der Waals surface area contributed by atoms with E-state index in [1.54, 1.807) is 11.3 Å². The predicted molar refractivity (Wildman–Crippen MR) is 91.0 cm³/mol. The monoisotopic (exact) mass is 401 g/mol. The summed E-state index contributed by atoms with van der Waals surface area (Å²) in [6.07, 6.45) is 1.13. The first-order chi connectivity index (χ1) is 9.13. The van der Waals surface area contributed by atoms with Gasteiger partial charge in [-0.05, 0) is 70.5 Å². The SMILES string of the molecule is CCCNC(c1cc(Br)ccc1C)c1sccc1Br. The second kappa shape index (κ2) is 7.02. The summed E-state index contributed by atoms with van der Waals surface area (Å²) in [5.74, 6) is 0. The Labute approximate surface area is 135 Å². The van der Waals surface area contributed by atoms with Gasteiger partial charge in [-0.15, -0.1) is 11.3 Å². The van der Waals surface area contributed by atoms with Crippen molar-refractivity contribution in [2.24, 2.45) is 0 Å². The maximum Gasteiger partial charge on any atom is 0.0685 e. The number of hydrogen-bond donors (Lipinski definition) is 1. The highest BCUT2D eigenvalue weighted by molar-refractivity contribution is 9.10. The Bertz CT molecular complexity index is 551. The van der Waals surface area contributed by atoms with Gasteiger partial charge in [0.1, 0.15) is 0 Å². The molecule has 0 fully saturated rings. The number of thiophene rings is 1. The summed E-state index contributed by atoms with van der Waals surface area (Å²) in [5, 5.41) is 5.79. The van der Waals surface area contributed by atoms with Crippen LogP contribution in [0.4, 0.5) is 0 Å². The van der Waals surface area contributed by atoms with Crippen LogP contribution in [0.2, 0.25) is 0 Å². The van der Waals surface area contributed by atoms with E-state index in [1.165, 1.54) is 20.5 Å². The van der Waals surface area contributed by atoms with Gasteiger partial charge >= 0.3 is 0 Å². The van der Waals surface area contributed by atoms with Crippen LogP contribution < -0.4 is 5.32 Å². The Morgan fingerprint density at radius 1 is 1.26 bits per heavy atom. The van der Waals surface area contributed by atoms with E-state index in [2.05, 4.69) is 80.7 Å². The lowest BCUT2D eigenvalue weighted by atomic mass is 10.00. The highest BCUT2D eigenvalue weighted by Gasteiger charge is 2.19. The van der Waals surface area contributed by atoms with Gasteiger partial charge in [0.25, 0.3) is 0 Å². The lowest BCUT2D eigenvalue weighted by Crippen LogP contribution is -2.23. The second-order valence-electron chi connectivity index (χ2n) is 4.52. The molecule has 1 heterocycles. The van der Waals surface area contributed by atoms with E-state index in [9.17, 15) is 0 Å². The van der Waals surface area contributed by atoms with Crippen molar-refractivity contribution in [1.82, 2.24) is 5.32 Å². The molecule has 1 unspecified atom stereocenters. The van der Waals surface area contributed by atoms with Gasteiger partial charge in [0, 0.05) is 13.8 Å². The smallest absolute Gasteiger partial charge is 0.0685 e. The molecule has 1 aromatic carbocycles. The molecule has 0 saturated carbocycles. The van der Waals surface area contributed by atoms with E-state index in [0.29, 0.717) is 0 Å². The minimum Gasteiger partial charge on any atom is -0.306 e. The molecule has 2 rings (SSSR count). The molecule has 102 valence electrons. The molecule has 1 N–H and O–H groups in total. The molecule has 0 aliphatic heterocycles. The number of aryl methyl sites for hydroxylation is 1. The molecule has 2 aromatic rings. The van der Waals surface area contributed by atoms with Gasteiger partial charge in [-0.2, -0.15) is 0 Å². The third-order valence-corrected chi connectivity index (χ3v) is 5.49. The van der Waals surface area contributed by atoms with Crippen LogP contribution in [-0.2, 0) is 0 Å². The van der Waals surface area contributed by atoms with Gasteiger partial charge in [-0.3, -0.25) is 0 Å². The van der Waals surface area contributed by atoms with E-state index in [0.717, 1.165) is 17.4 Å². The largest absolute Gasteiger partial charge is 0.306 e. The molecule has 1 atom stereocenters. The third-order valence-electron chi connectivity index (χ3n) is 3.06. The van der Waals surface area contributed by atoms with Crippen molar-refractivity contribution in [3.63, 3.8) is 0 Å². The average Bonchev–Trinajstić information content (AvgIpc) is 2.80. The quantitative estimate of drug-likeness (QED) is 0.679. The van der Waals surface area contributed by atoms with Crippen molar-refractivity contribution in [3.8, 4) is 0 Å². The molecule has 1 nitrogen and oxygen atoms in total. The predicted octanol–water partition coefficient (Wildman–Crippen LogP) is 5.67. The summed E-state index contributed by atoms with van der Waals surface area (Å²) < 4.78 is 2.31. The molecule has 0 aliphatic rings. The Morgan fingerprint density at radius 3 is 2.68 bits per heavy atom. The minimum atomic E-state index is 0.256. The summed E-state index contributed by atoms with van der Waals surface area (Å²) in [6, 6.07) is 8.86. The molecule has 4 heteroatoms.